The van der Waals surface area contributed by atoms with Gasteiger partial charge in [0.1, 0.15) is 35.2 Å². The highest BCUT2D eigenvalue weighted by atomic mass is 19.1. The second-order valence-corrected chi connectivity index (χ2v) is 8.78. The molecule has 0 saturated carbocycles. The van der Waals surface area contributed by atoms with E-state index in [1.54, 1.807) is 18.2 Å². The van der Waals surface area contributed by atoms with Crippen molar-refractivity contribution in [2.45, 2.75) is 13.0 Å². The number of hydrogen-bond donors (Lipinski definition) is 1. The van der Waals surface area contributed by atoms with Gasteiger partial charge in [-0.1, -0.05) is 12.1 Å². The summed E-state index contributed by atoms with van der Waals surface area (Å²) in [5, 5.41) is 1.57. The van der Waals surface area contributed by atoms with Crippen molar-refractivity contribution in [3.63, 3.8) is 0 Å². The van der Waals surface area contributed by atoms with Crippen LogP contribution < -0.4 is 5.73 Å². The Hall–Kier alpha value is -3.98. The van der Waals surface area contributed by atoms with Gasteiger partial charge in [0.15, 0.2) is 0 Å². The minimum absolute atomic E-state index is 0.223. The Labute approximate surface area is 199 Å². The number of halogens is 3. The van der Waals surface area contributed by atoms with Crippen LogP contribution in [-0.4, -0.2) is 45.1 Å². The largest absolute Gasteiger partial charge is 0.383 e. The summed E-state index contributed by atoms with van der Waals surface area (Å²) in [7, 11) is 3.95. The molecule has 0 radical (unpaired) electrons. The van der Waals surface area contributed by atoms with Crippen molar-refractivity contribution < 1.29 is 13.2 Å². The Morgan fingerprint density at radius 3 is 2.46 bits per heavy atom. The molecule has 0 amide bonds. The third-order valence-corrected chi connectivity index (χ3v) is 5.96. The molecule has 3 heterocycles. The molecular formula is C26H23F3N6. The van der Waals surface area contributed by atoms with E-state index in [9.17, 15) is 8.78 Å². The van der Waals surface area contributed by atoms with E-state index in [0.717, 1.165) is 12.6 Å². The van der Waals surface area contributed by atoms with Gasteiger partial charge in [0, 0.05) is 60.2 Å². The lowest BCUT2D eigenvalue weighted by Crippen LogP contribution is -2.18. The number of likely N-dealkylation sites (N-methyl/N-ethyl adjacent to an activating group) is 1. The number of nitrogens with zero attached hydrogens (tertiary/aromatic N) is 5. The highest BCUT2D eigenvalue weighted by Gasteiger charge is 2.19. The van der Waals surface area contributed by atoms with Gasteiger partial charge in [-0.3, -0.25) is 4.98 Å². The molecule has 178 valence electrons. The number of anilines is 1. The number of aromatic nitrogens is 4. The summed E-state index contributed by atoms with van der Waals surface area (Å²) in [6.45, 7) is 1.43. The average molecular weight is 477 g/mol. The molecule has 0 aliphatic carbocycles. The van der Waals surface area contributed by atoms with Gasteiger partial charge in [-0.2, -0.15) is 0 Å². The highest BCUT2D eigenvalue weighted by Crippen LogP contribution is 2.36. The first-order valence-electron chi connectivity index (χ1n) is 11.1. The van der Waals surface area contributed by atoms with Crippen LogP contribution in [-0.2, 0) is 13.0 Å². The van der Waals surface area contributed by atoms with Crippen LogP contribution in [0.2, 0.25) is 0 Å². The molecule has 0 spiro atoms. The van der Waals surface area contributed by atoms with Gasteiger partial charge in [0.05, 0.1) is 5.39 Å². The standard InChI is InChI=1S/C26H23F3N6/c1-34(2)5-6-35-13-22(23-25(30)32-14-33-26(23)35)20-4-3-16-10-19(31-12-21(16)24(20)29)9-15-7-17(27)11-18(28)8-15/h3-4,7-8,10-14H,5-6,9H2,1-2H3,(H2,30,32,33). The molecule has 0 bridgehead atoms. The fourth-order valence-electron chi connectivity index (χ4n) is 4.29. The Morgan fingerprint density at radius 2 is 1.71 bits per heavy atom. The molecule has 0 aliphatic rings. The molecule has 0 atom stereocenters. The SMILES string of the molecule is CN(C)CCn1cc(-c2ccc3cc(Cc4cc(F)cc(F)c4)ncc3c2F)c2c(N)ncnc21. The van der Waals surface area contributed by atoms with Gasteiger partial charge in [-0.15, -0.1) is 0 Å². The fourth-order valence-corrected chi connectivity index (χ4v) is 4.29. The zero-order chi connectivity index (χ0) is 24.7. The van der Waals surface area contributed by atoms with Crippen LogP contribution in [0, 0.1) is 17.5 Å². The van der Waals surface area contributed by atoms with E-state index in [1.165, 1.54) is 24.7 Å². The van der Waals surface area contributed by atoms with Crippen molar-refractivity contribution >= 4 is 27.6 Å². The molecule has 6 nitrogen and oxygen atoms in total. The van der Waals surface area contributed by atoms with Gasteiger partial charge < -0.3 is 15.2 Å². The third-order valence-electron chi connectivity index (χ3n) is 5.96. The van der Waals surface area contributed by atoms with Crippen LogP contribution in [0.3, 0.4) is 0 Å². The third kappa shape index (κ3) is 4.42. The van der Waals surface area contributed by atoms with Crippen molar-refractivity contribution in [2.24, 2.45) is 0 Å². The number of hydrogen-bond acceptors (Lipinski definition) is 5. The Morgan fingerprint density at radius 1 is 0.943 bits per heavy atom. The zero-order valence-corrected chi connectivity index (χ0v) is 19.3. The summed E-state index contributed by atoms with van der Waals surface area (Å²) in [6.07, 6.45) is 4.93. The summed E-state index contributed by atoms with van der Waals surface area (Å²) >= 11 is 0. The Kier molecular flexibility index (Phi) is 5.86. The quantitative estimate of drug-likeness (QED) is 0.381. The summed E-state index contributed by atoms with van der Waals surface area (Å²) in [4.78, 5) is 14.9. The van der Waals surface area contributed by atoms with Crippen molar-refractivity contribution in [3.8, 4) is 11.1 Å². The van der Waals surface area contributed by atoms with Gasteiger partial charge in [0.2, 0.25) is 0 Å². The lowest BCUT2D eigenvalue weighted by Gasteiger charge is -2.10. The van der Waals surface area contributed by atoms with E-state index >= 15 is 4.39 Å². The number of rotatable bonds is 6. The second kappa shape index (κ2) is 8.99. The molecule has 35 heavy (non-hydrogen) atoms. The highest BCUT2D eigenvalue weighted by molar-refractivity contribution is 6.02. The van der Waals surface area contributed by atoms with Gasteiger partial charge >= 0.3 is 0 Å². The molecular weight excluding hydrogens is 453 g/mol. The van der Waals surface area contributed by atoms with E-state index in [0.29, 0.717) is 50.7 Å². The van der Waals surface area contributed by atoms with Crippen LogP contribution in [0.25, 0.3) is 32.9 Å². The van der Waals surface area contributed by atoms with E-state index in [2.05, 4.69) is 15.0 Å². The Balaban J connectivity index is 1.56. The molecule has 2 aromatic carbocycles. The molecule has 0 aliphatic heterocycles. The monoisotopic (exact) mass is 476 g/mol. The van der Waals surface area contributed by atoms with Gasteiger partial charge in [-0.25, -0.2) is 23.1 Å². The van der Waals surface area contributed by atoms with Crippen molar-refractivity contribution in [1.29, 1.82) is 0 Å². The summed E-state index contributed by atoms with van der Waals surface area (Å²) in [5.41, 5.74) is 8.83. The molecule has 5 rings (SSSR count). The van der Waals surface area contributed by atoms with Crippen LogP contribution in [0.4, 0.5) is 19.0 Å². The number of fused-ring (bicyclic) bond motifs is 2. The number of benzene rings is 2. The predicted molar refractivity (Wildman–Crippen MR) is 130 cm³/mol. The zero-order valence-electron chi connectivity index (χ0n) is 19.3. The van der Waals surface area contributed by atoms with Gasteiger partial charge in [0.25, 0.3) is 0 Å². The molecule has 5 aromatic rings. The molecule has 0 saturated heterocycles. The minimum atomic E-state index is -0.649. The second-order valence-electron chi connectivity index (χ2n) is 8.78. The lowest BCUT2D eigenvalue weighted by molar-refractivity contribution is 0.386. The van der Waals surface area contributed by atoms with Crippen LogP contribution >= 0.6 is 0 Å². The lowest BCUT2D eigenvalue weighted by atomic mass is 10.00. The summed E-state index contributed by atoms with van der Waals surface area (Å²) in [6, 6.07) is 8.57. The minimum Gasteiger partial charge on any atom is -0.383 e. The van der Waals surface area contributed by atoms with Crippen molar-refractivity contribution in [3.05, 3.63) is 83.8 Å². The maximum Gasteiger partial charge on any atom is 0.146 e. The first-order chi connectivity index (χ1) is 16.8. The van der Waals surface area contributed by atoms with Crippen LogP contribution in [0.5, 0.6) is 0 Å². The number of nitrogens with two attached hydrogens (primary N) is 1. The van der Waals surface area contributed by atoms with Gasteiger partial charge in [-0.05, 0) is 43.2 Å². The summed E-state index contributed by atoms with van der Waals surface area (Å²) in [5.74, 6) is -1.45. The predicted octanol–water partition coefficient (Wildman–Crippen LogP) is 4.80. The first kappa shape index (κ1) is 22.8. The fraction of sp³-hybridized carbons (Fsp3) is 0.192. The molecule has 9 heteroatoms. The molecule has 3 aromatic heterocycles. The van der Waals surface area contributed by atoms with E-state index in [4.69, 9.17) is 5.73 Å². The van der Waals surface area contributed by atoms with Crippen molar-refractivity contribution in [2.75, 3.05) is 26.4 Å². The normalized spacial score (nSPS) is 11.7. The number of pyridine rings is 1. The molecule has 0 fully saturated rings. The first-order valence-corrected chi connectivity index (χ1v) is 11.1. The summed E-state index contributed by atoms with van der Waals surface area (Å²) < 4.78 is 44.8. The Bertz CT molecular complexity index is 1540. The molecule has 2 N–H and O–H groups in total. The van der Waals surface area contributed by atoms with Crippen LogP contribution in [0.1, 0.15) is 11.3 Å². The van der Waals surface area contributed by atoms with E-state index in [-0.39, 0.29) is 12.2 Å². The topological polar surface area (TPSA) is 72.9 Å². The maximum absolute atomic E-state index is 15.8. The average Bonchev–Trinajstić information content (AvgIpc) is 3.17. The van der Waals surface area contributed by atoms with Crippen LogP contribution in [0.15, 0.2) is 55.1 Å². The smallest absolute Gasteiger partial charge is 0.146 e. The number of nitrogen functional groups attached to an aromatic ring is 1. The van der Waals surface area contributed by atoms with Crippen molar-refractivity contribution in [1.82, 2.24) is 24.4 Å². The molecule has 0 unspecified atom stereocenters. The van der Waals surface area contributed by atoms with E-state index < -0.39 is 17.5 Å². The maximum atomic E-state index is 15.8. The van der Waals surface area contributed by atoms with E-state index in [1.807, 2.05) is 29.8 Å².